The van der Waals surface area contributed by atoms with Crippen LogP contribution in [0, 0.1) is 6.92 Å². The second kappa shape index (κ2) is 4.45. The molecule has 76 valence electrons. The molecule has 0 aromatic heterocycles. The van der Waals surface area contributed by atoms with Crippen LogP contribution in [0.2, 0.25) is 0 Å². The second-order valence-corrected chi connectivity index (χ2v) is 4.55. The van der Waals surface area contributed by atoms with Crippen LogP contribution in [-0.2, 0) is 4.74 Å². The largest absolute Gasteiger partial charge is 0.377 e. The van der Waals surface area contributed by atoms with Gasteiger partial charge in [0, 0.05) is 11.2 Å². The molecule has 2 atom stereocenters. The maximum atomic E-state index is 5.68. The molecule has 1 heterocycles. The highest BCUT2D eigenvalue weighted by Crippen LogP contribution is 2.31. The quantitative estimate of drug-likeness (QED) is 0.737. The maximum Gasteiger partial charge on any atom is 0.0678 e. The summed E-state index contributed by atoms with van der Waals surface area (Å²) in [7, 11) is 0. The molecule has 1 nitrogen and oxygen atoms in total. The molecule has 0 aliphatic carbocycles. The van der Waals surface area contributed by atoms with Crippen LogP contribution in [0.15, 0.2) is 24.3 Å². The van der Waals surface area contributed by atoms with Crippen molar-refractivity contribution in [2.75, 3.05) is 11.9 Å². The lowest BCUT2D eigenvalue weighted by molar-refractivity contribution is 0.127. The van der Waals surface area contributed by atoms with Crippen molar-refractivity contribution in [1.82, 2.24) is 0 Å². The zero-order valence-electron chi connectivity index (χ0n) is 8.37. The highest BCUT2D eigenvalue weighted by atomic mass is 79.9. The van der Waals surface area contributed by atoms with Gasteiger partial charge in [-0.15, -0.1) is 0 Å². The molecule has 1 saturated heterocycles. The van der Waals surface area contributed by atoms with E-state index in [0.717, 1.165) is 18.4 Å². The van der Waals surface area contributed by atoms with Crippen molar-refractivity contribution < 1.29 is 4.74 Å². The minimum absolute atomic E-state index is 0.402. The number of rotatable bonds is 2. The van der Waals surface area contributed by atoms with E-state index in [9.17, 15) is 0 Å². The van der Waals surface area contributed by atoms with E-state index < -0.39 is 0 Å². The number of alkyl halides is 1. The third-order valence-electron chi connectivity index (χ3n) is 2.88. The summed E-state index contributed by atoms with van der Waals surface area (Å²) in [4.78, 5) is 0. The molecule has 1 aromatic rings. The number of halogens is 1. The number of hydrogen-bond donors (Lipinski definition) is 0. The van der Waals surface area contributed by atoms with E-state index in [1.165, 1.54) is 11.1 Å². The first-order valence-corrected chi connectivity index (χ1v) is 6.16. The van der Waals surface area contributed by atoms with Gasteiger partial charge in [-0.05, 0) is 24.5 Å². The minimum atomic E-state index is 0.402. The third-order valence-corrected chi connectivity index (χ3v) is 3.60. The molecule has 0 amide bonds. The smallest absolute Gasteiger partial charge is 0.0678 e. The van der Waals surface area contributed by atoms with Gasteiger partial charge in [0.25, 0.3) is 0 Å². The Bertz CT molecular complexity index is 311. The Morgan fingerprint density at radius 2 is 2.21 bits per heavy atom. The van der Waals surface area contributed by atoms with Gasteiger partial charge in [-0.3, -0.25) is 0 Å². The number of hydrogen-bond acceptors (Lipinski definition) is 1. The third kappa shape index (κ3) is 2.01. The topological polar surface area (TPSA) is 9.23 Å². The lowest BCUT2D eigenvalue weighted by Gasteiger charge is -2.11. The molecule has 1 aromatic carbocycles. The molecule has 0 bridgehead atoms. The summed E-state index contributed by atoms with van der Waals surface area (Å²) in [5.74, 6) is 0.596. The maximum absolute atomic E-state index is 5.68. The highest BCUT2D eigenvalue weighted by Gasteiger charge is 2.26. The Balaban J connectivity index is 2.13. The van der Waals surface area contributed by atoms with Crippen molar-refractivity contribution in [3.05, 3.63) is 35.4 Å². The summed E-state index contributed by atoms with van der Waals surface area (Å²) in [6.07, 6.45) is 1.55. The fourth-order valence-corrected chi connectivity index (χ4v) is 2.53. The normalized spacial score (nSPS) is 26.7. The SMILES string of the molecule is Cc1ccccc1[C@@H]1CO[C@@H](CBr)C1. The Hall–Kier alpha value is -0.340. The van der Waals surface area contributed by atoms with Crippen LogP contribution in [0.4, 0.5) is 0 Å². The van der Waals surface area contributed by atoms with Gasteiger partial charge in [-0.2, -0.15) is 0 Å². The Morgan fingerprint density at radius 3 is 2.86 bits per heavy atom. The summed E-state index contributed by atoms with van der Waals surface area (Å²) in [5.41, 5.74) is 2.84. The Kier molecular flexibility index (Phi) is 3.24. The predicted octanol–water partition coefficient (Wildman–Crippen LogP) is 3.26. The van der Waals surface area contributed by atoms with Gasteiger partial charge >= 0.3 is 0 Å². The summed E-state index contributed by atoms with van der Waals surface area (Å²) in [6, 6.07) is 8.61. The van der Waals surface area contributed by atoms with E-state index >= 15 is 0 Å². The van der Waals surface area contributed by atoms with Crippen LogP contribution >= 0.6 is 15.9 Å². The molecule has 1 fully saturated rings. The van der Waals surface area contributed by atoms with Crippen molar-refractivity contribution in [3.8, 4) is 0 Å². The summed E-state index contributed by atoms with van der Waals surface area (Å²) in [5, 5.41) is 0.954. The number of ether oxygens (including phenoxy) is 1. The molecule has 0 radical (unpaired) electrons. The van der Waals surface area contributed by atoms with Gasteiger partial charge in [-0.25, -0.2) is 0 Å². The van der Waals surface area contributed by atoms with Crippen molar-refractivity contribution in [3.63, 3.8) is 0 Å². The summed E-state index contributed by atoms with van der Waals surface area (Å²) in [6.45, 7) is 3.05. The van der Waals surface area contributed by atoms with E-state index in [4.69, 9.17) is 4.74 Å². The molecule has 0 saturated carbocycles. The molecule has 2 heteroatoms. The zero-order chi connectivity index (χ0) is 9.97. The number of aryl methyl sites for hydroxylation is 1. The lowest BCUT2D eigenvalue weighted by Crippen LogP contribution is -2.05. The first kappa shape index (κ1) is 10.2. The molecule has 14 heavy (non-hydrogen) atoms. The van der Waals surface area contributed by atoms with E-state index in [-0.39, 0.29) is 0 Å². The zero-order valence-corrected chi connectivity index (χ0v) is 9.96. The highest BCUT2D eigenvalue weighted by molar-refractivity contribution is 9.09. The van der Waals surface area contributed by atoms with Crippen LogP contribution in [0.25, 0.3) is 0 Å². The second-order valence-electron chi connectivity index (χ2n) is 3.90. The van der Waals surface area contributed by atoms with E-state index in [0.29, 0.717) is 12.0 Å². The molecule has 0 spiro atoms. The first-order valence-electron chi connectivity index (χ1n) is 5.04. The summed E-state index contributed by atoms with van der Waals surface area (Å²) < 4.78 is 5.68. The van der Waals surface area contributed by atoms with Crippen molar-refractivity contribution in [2.24, 2.45) is 0 Å². The van der Waals surface area contributed by atoms with Gasteiger partial charge in [0.15, 0.2) is 0 Å². The van der Waals surface area contributed by atoms with Gasteiger partial charge in [-0.1, -0.05) is 40.2 Å². The van der Waals surface area contributed by atoms with E-state index in [1.54, 1.807) is 0 Å². The lowest BCUT2D eigenvalue weighted by atomic mass is 9.93. The van der Waals surface area contributed by atoms with Crippen LogP contribution in [-0.4, -0.2) is 18.0 Å². The molecule has 0 unspecified atom stereocenters. The van der Waals surface area contributed by atoms with Gasteiger partial charge < -0.3 is 4.74 Å². The Morgan fingerprint density at radius 1 is 1.43 bits per heavy atom. The molecule has 2 rings (SSSR count). The van der Waals surface area contributed by atoms with E-state index in [1.807, 2.05) is 0 Å². The standard InChI is InChI=1S/C12H15BrO/c1-9-4-2-3-5-12(9)10-6-11(7-13)14-8-10/h2-5,10-11H,6-8H2,1H3/t10-,11+/m0/s1. The minimum Gasteiger partial charge on any atom is -0.377 e. The van der Waals surface area contributed by atoms with Crippen molar-refractivity contribution in [2.45, 2.75) is 25.4 Å². The van der Waals surface area contributed by atoms with Gasteiger partial charge in [0.05, 0.1) is 12.7 Å². The number of benzene rings is 1. The monoisotopic (exact) mass is 254 g/mol. The fraction of sp³-hybridized carbons (Fsp3) is 0.500. The molecule has 0 N–H and O–H groups in total. The molecule has 1 aliphatic rings. The summed E-state index contributed by atoms with van der Waals surface area (Å²) >= 11 is 3.47. The van der Waals surface area contributed by atoms with Crippen LogP contribution < -0.4 is 0 Å². The molecule has 1 aliphatic heterocycles. The van der Waals surface area contributed by atoms with Crippen LogP contribution in [0.5, 0.6) is 0 Å². The van der Waals surface area contributed by atoms with E-state index in [2.05, 4.69) is 47.1 Å². The molecular weight excluding hydrogens is 240 g/mol. The van der Waals surface area contributed by atoms with Crippen molar-refractivity contribution >= 4 is 15.9 Å². The fourth-order valence-electron chi connectivity index (χ4n) is 2.07. The predicted molar refractivity (Wildman–Crippen MR) is 62.1 cm³/mol. The van der Waals surface area contributed by atoms with Gasteiger partial charge in [0.1, 0.15) is 0 Å². The van der Waals surface area contributed by atoms with Crippen LogP contribution in [0.3, 0.4) is 0 Å². The first-order chi connectivity index (χ1) is 6.81. The molecular formula is C12H15BrO. The van der Waals surface area contributed by atoms with Crippen LogP contribution in [0.1, 0.15) is 23.5 Å². The Labute approximate surface area is 93.6 Å². The van der Waals surface area contributed by atoms with Crippen molar-refractivity contribution in [1.29, 1.82) is 0 Å². The average Bonchev–Trinajstić information content (AvgIpc) is 2.67. The van der Waals surface area contributed by atoms with Gasteiger partial charge in [0.2, 0.25) is 0 Å². The average molecular weight is 255 g/mol.